The van der Waals surface area contributed by atoms with E-state index in [1.165, 1.54) is 24.6 Å². The van der Waals surface area contributed by atoms with E-state index in [1.54, 1.807) is 0 Å². The Kier molecular flexibility index (Phi) is 9.92. The number of hydrogen-bond acceptors (Lipinski definition) is 9. The maximum absolute atomic E-state index is 13.9. The van der Waals surface area contributed by atoms with E-state index in [0.717, 1.165) is 50.3 Å². The number of nitrogens with zero attached hydrogens (tertiary/aromatic N) is 3. The Morgan fingerprint density at radius 1 is 1.09 bits per heavy atom. The molecular weight excluding hydrogens is 602 g/mol. The number of nitrogens with one attached hydrogen (secondary N) is 2. The highest BCUT2D eigenvalue weighted by molar-refractivity contribution is 5.96. The number of benzene rings is 1. The van der Waals surface area contributed by atoms with Gasteiger partial charge in [0.2, 0.25) is 5.91 Å². The highest BCUT2D eigenvalue weighted by atomic mass is 16.6. The molecule has 47 heavy (non-hydrogen) atoms. The minimum Gasteiger partial charge on any atom is -0.393 e. The molecule has 4 aliphatic carbocycles. The van der Waals surface area contributed by atoms with Gasteiger partial charge in [0.25, 0.3) is 5.69 Å². The minimum atomic E-state index is -0.667. The Labute approximate surface area is 276 Å². The number of rotatable bonds is 11. The molecule has 1 aromatic carbocycles. The molecule has 4 aliphatic rings. The number of nitro benzene ring substituents is 2. The Morgan fingerprint density at radius 2 is 1.83 bits per heavy atom. The molecule has 0 radical (unpaired) electrons. The van der Waals surface area contributed by atoms with E-state index in [-0.39, 0.29) is 63.7 Å². The molecule has 0 aromatic heterocycles. The summed E-state index contributed by atoms with van der Waals surface area (Å²) in [5, 5.41) is 41.2. The van der Waals surface area contributed by atoms with Gasteiger partial charge in [0, 0.05) is 43.5 Å². The van der Waals surface area contributed by atoms with Crippen LogP contribution in [0.25, 0.3) is 0 Å². The number of ketones is 1. The fourth-order valence-electron chi connectivity index (χ4n) is 9.70. The molecule has 0 saturated heterocycles. The van der Waals surface area contributed by atoms with Crippen molar-refractivity contribution in [2.24, 2.45) is 51.4 Å². The van der Waals surface area contributed by atoms with Crippen molar-refractivity contribution in [3.05, 3.63) is 50.1 Å². The molecule has 256 valence electrons. The lowest BCUT2D eigenvalue weighted by Gasteiger charge is -2.58. The smallest absolute Gasteiger partial charge is 0.301 e. The van der Waals surface area contributed by atoms with E-state index >= 15 is 0 Å². The Hall–Kier alpha value is -3.67. The molecule has 0 aliphatic heterocycles. The largest absolute Gasteiger partial charge is 0.393 e. The third-order valence-electron chi connectivity index (χ3n) is 12.3. The summed E-state index contributed by atoms with van der Waals surface area (Å²) in [6, 6.07) is 3.46. The van der Waals surface area contributed by atoms with Gasteiger partial charge in [0.1, 0.15) is 11.5 Å². The van der Waals surface area contributed by atoms with Gasteiger partial charge in [-0.1, -0.05) is 39.3 Å². The van der Waals surface area contributed by atoms with Crippen LogP contribution in [0, 0.1) is 66.6 Å². The van der Waals surface area contributed by atoms with E-state index < -0.39 is 15.5 Å². The summed E-state index contributed by atoms with van der Waals surface area (Å²) >= 11 is 0. The number of fused-ring (bicyclic) bond motifs is 5. The van der Waals surface area contributed by atoms with Crippen molar-refractivity contribution in [3.63, 3.8) is 0 Å². The number of hydrogen-bond donors (Lipinski definition) is 3. The van der Waals surface area contributed by atoms with Crippen molar-refractivity contribution in [1.29, 1.82) is 0 Å². The standard InChI is InChI=1S/C35H49N5O7/c1-20(19-36-22(3)41)6-11-32(43)21(2)33-30(38-37-29-10-8-24(39(44)45)17-31(29)40(46)47)18-28-26-9-7-23-16-25(42)12-14-34(23,4)27(26)13-15-35(28,33)5/h7-8,10,17,20-21,25-28,33,37,42H,6,9,11-16,18-19H2,1-5H3,(H,36,41)/b38-30+/t20-,21+,25-,26-,27+,28+,33+,34-,35-/m0/s1. The summed E-state index contributed by atoms with van der Waals surface area (Å²) < 4.78 is 0. The molecular formula is C35H49N5O7. The van der Waals surface area contributed by atoms with Gasteiger partial charge in [-0.2, -0.15) is 5.10 Å². The van der Waals surface area contributed by atoms with E-state index in [9.17, 15) is 34.9 Å². The van der Waals surface area contributed by atoms with E-state index in [2.05, 4.69) is 30.7 Å². The number of allylic oxidation sites excluding steroid dienone is 1. The van der Waals surface area contributed by atoms with Crippen molar-refractivity contribution in [3.8, 4) is 0 Å². The lowest BCUT2D eigenvalue weighted by Crippen LogP contribution is -2.51. The number of aliphatic hydroxyl groups excluding tert-OH is 1. The van der Waals surface area contributed by atoms with Gasteiger partial charge in [-0.3, -0.25) is 35.2 Å². The number of hydrazone groups is 1. The first-order valence-electron chi connectivity index (χ1n) is 17.1. The predicted molar refractivity (Wildman–Crippen MR) is 179 cm³/mol. The van der Waals surface area contributed by atoms with Crippen LogP contribution < -0.4 is 10.7 Å². The maximum Gasteiger partial charge on any atom is 0.301 e. The minimum absolute atomic E-state index is 0.0436. The topological polar surface area (TPSA) is 177 Å². The van der Waals surface area contributed by atoms with Gasteiger partial charge in [0.15, 0.2) is 0 Å². The molecule has 12 nitrogen and oxygen atoms in total. The van der Waals surface area contributed by atoms with Crippen molar-refractivity contribution in [2.45, 2.75) is 98.5 Å². The Bertz CT molecular complexity index is 1490. The SMILES string of the molecule is CC(=O)NC[C@@H](C)CCC(=O)[C@@H](C)[C@@H]1/C(=N/Nc2ccc([N+](=O)[O-])cc2[N+](=O)[O-])C[C@@H]2[C@H]3CC=C4C[C@@H](O)CC[C@]4(C)[C@@H]3CC[C@@]21C. The van der Waals surface area contributed by atoms with Crippen molar-refractivity contribution >= 4 is 34.5 Å². The van der Waals surface area contributed by atoms with Gasteiger partial charge in [-0.25, -0.2) is 0 Å². The third-order valence-corrected chi connectivity index (χ3v) is 12.3. The number of non-ortho nitro benzene ring substituents is 1. The monoisotopic (exact) mass is 651 g/mol. The van der Waals surface area contributed by atoms with Crippen LogP contribution in [0.15, 0.2) is 34.9 Å². The van der Waals surface area contributed by atoms with E-state index in [1.807, 2.05) is 13.8 Å². The quantitative estimate of drug-likeness (QED) is 0.136. The molecule has 12 heteroatoms. The van der Waals surface area contributed by atoms with Crippen LogP contribution in [-0.4, -0.2) is 45.0 Å². The fraction of sp³-hybridized carbons (Fsp3) is 0.686. The molecule has 0 heterocycles. The molecule has 0 unspecified atom stereocenters. The lowest BCUT2D eigenvalue weighted by molar-refractivity contribution is -0.393. The summed E-state index contributed by atoms with van der Waals surface area (Å²) in [6.45, 7) is 10.7. The van der Waals surface area contributed by atoms with Crippen LogP contribution in [0.2, 0.25) is 0 Å². The lowest BCUT2D eigenvalue weighted by atomic mass is 9.47. The zero-order valence-corrected chi connectivity index (χ0v) is 28.2. The van der Waals surface area contributed by atoms with Crippen LogP contribution in [0.4, 0.5) is 17.1 Å². The average Bonchev–Trinajstić information content (AvgIpc) is 3.33. The number of Topliss-reactive ketones (excluding diaryl/α,β-unsaturated/α-hetero) is 1. The Balaban J connectivity index is 1.46. The number of nitro groups is 2. The predicted octanol–water partition coefficient (Wildman–Crippen LogP) is 6.58. The van der Waals surface area contributed by atoms with Gasteiger partial charge in [-0.05, 0) is 91.9 Å². The second-order valence-corrected chi connectivity index (χ2v) is 15.1. The number of amides is 1. The number of aliphatic hydroxyl groups is 1. The third kappa shape index (κ3) is 6.71. The highest BCUT2D eigenvalue weighted by Gasteiger charge is 2.61. The summed E-state index contributed by atoms with van der Waals surface area (Å²) in [6.07, 6.45) is 9.17. The number of carbonyl (C=O) groups is 2. The highest BCUT2D eigenvalue weighted by Crippen LogP contribution is 2.66. The molecule has 3 fully saturated rings. The van der Waals surface area contributed by atoms with Crippen molar-refractivity contribution in [2.75, 3.05) is 12.0 Å². The van der Waals surface area contributed by atoms with Crippen LogP contribution >= 0.6 is 0 Å². The summed E-state index contributed by atoms with van der Waals surface area (Å²) in [4.78, 5) is 47.0. The van der Waals surface area contributed by atoms with Crippen LogP contribution in [0.1, 0.15) is 92.4 Å². The molecule has 0 bridgehead atoms. The first kappa shape index (κ1) is 34.7. The number of carbonyl (C=O) groups excluding carboxylic acids is 2. The molecule has 3 saturated carbocycles. The van der Waals surface area contributed by atoms with Gasteiger partial charge in [-0.15, -0.1) is 0 Å². The van der Waals surface area contributed by atoms with Gasteiger partial charge < -0.3 is 10.4 Å². The second-order valence-electron chi connectivity index (χ2n) is 15.1. The number of anilines is 1. The van der Waals surface area contributed by atoms with E-state index in [0.29, 0.717) is 37.6 Å². The average molecular weight is 652 g/mol. The molecule has 5 rings (SSSR count). The molecule has 3 N–H and O–H groups in total. The first-order valence-corrected chi connectivity index (χ1v) is 17.1. The fourth-order valence-corrected chi connectivity index (χ4v) is 9.70. The molecule has 0 spiro atoms. The summed E-state index contributed by atoms with van der Waals surface area (Å²) in [5.74, 6) is 0.795. The second kappa shape index (κ2) is 13.4. The van der Waals surface area contributed by atoms with Gasteiger partial charge >= 0.3 is 5.69 Å². The zero-order chi connectivity index (χ0) is 34.3. The van der Waals surface area contributed by atoms with Gasteiger partial charge in [0.05, 0.1) is 22.0 Å². The zero-order valence-electron chi connectivity index (χ0n) is 28.2. The van der Waals surface area contributed by atoms with Crippen molar-refractivity contribution < 1.29 is 24.5 Å². The molecule has 9 atom stereocenters. The van der Waals surface area contributed by atoms with Crippen molar-refractivity contribution in [1.82, 2.24) is 5.32 Å². The molecule has 1 amide bonds. The summed E-state index contributed by atoms with van der Waals surface area (Å²) in [7, 11) is 0. The summed E-state index contributed by atoms with van der Waals surface area (Å²) in [5.41, 5.74) is 4.18. The molecule has 1 aromatic rings. The van der Waals surface area contributed by atoms with Crippen LogP contribution in [0.5, 0.6) is 0 Å². The first-order chi connectivity index (χ1) is 22.2. The Morgan fingerprint density at radius 3 is 2.51 bits per heavy atom. The maximum atomic E-state index is 13.9. The normalized spacial score (nSPS) is 33.4. The van der Waals surface area contributed by atoms with Crippen LogP contribution in [-0.2, 0) is 9.59 Å². The van der Waals surface area contributed by atoms with E-state index in [4.69, 9.17) is 5.10 Å². The van der Waals surface area contributed by atoms with Crippen LogP contribution in [0.3, 0.4) is 0 Å².